The number of rotatable bonds is 4. The molecule has 98 valence electrons. The summed E-state index contributed by atoms with van der Waals surface area (Å²) in [4.78, 5) is 8.00. The van der Waals surface area contributed by atoms with Gasteiger partial charge in [0, 0.05) is 0 Å². The Balaban J connectivity index is 2.23. The Morgan fingerprint density at radius 1 is 1.21 bits per heavy atom. The predicted molar refractivity (Wildman–Crippen MR) is 70.9 cm³/mol. The Hall–Kier alpha value is -2.63. The van der Waals surface area contributed by atoms with Crippen LogP contribution in [0.25, 0.3) is 0 Å². The molecule has 0 atom stereocenters. The Bertz CT molecular complexity index is 596. The molecular weight excluding hydrogens is 244 g/mol. The summed E-state index contributed by atoms with van der Waals surface area (Å²) in [5.74, 6) is 1.36. The molecule has 0 unspecified atom stereocenters. The van der Waals surface area contributed by atoms with Gasteiger partial charge in [0.05, 0.1) is 19.5 Å². The SMILES string of the molecule is COc1cc(C)ccc1Oc1cnc(C(=N)N)cn1. The van der Waals surface area contributed by atoms with Gasteiger partial charge in [-0.2, -0.15) is 0 Å². The minimum atomic E-state index is -0.132. The van der Waals surface area contributed by atoms with Gasteiger partial charge in [0.1, 0.15) is 11.5 Å². The first kappa shape index (κ1) is 12.8. The average Bonchev–Trinajstić information content (AvgIpc) is 2.41. The van der Waals surface area contributed by atoms with Crippen molar-refractivity contribution in [2.45, 2.75) is 6.92 Å². The lowest BCUT2D eigenvalue weighted by molar-refractivity contribution is 0.373. The van der Waals surface area contributed by atoms with Gasteiger partial charge in [-0.05, 0) is 24.6 Å². The summed E-state index contributed by atoms with van der Waals surface area (Å²) in [6.45, 7) is 1.97. The average molecular weight is 258 g/mol. The third kappa shape index (κ3) is 2.98. The molecular formula is C13H14N4O2. The third-order valence-corrected chi connectivity index (χ3v) is 2.44. The third-order valence-electron chi connectivity index (χ3n) is 2.44. The molecule has 2 rings (SSSR count). The number of methoxy groups -OCH3 is 1. The first-order valence-corrected chi connectivity index (χ1v) is 5.59. The van der Waals surface area contributed by atoms with Gasteiger partial charge in [0.25, 0.3) is 0 Å². The van der Waals surface area contributed by atoms with Crippen LogP contribution >= 0.6 is 0 Å². The fraction of sp³-hybridized carbons (Fsp3) is 0.154. The van der Waals surface area contributed by atoms with Crippen LogP contribution in [-0.2, 0) is 0 Å². The molecule has 0 spiro atoms. The second-order valence-corrected chi connectivity index (χ2v) is 3.91. The molecule has 6 heteroatoms. The van der Waals surface area contributed by atoms with E-state index in [1.54, 1.807) is 13.2 Å². The number of nitrogens with zero attached hydrogens (tertiary/aromatic N) is 2. The van der Waals surface area contributed by atoms with Crippen LogP contribution in [0.2, 0.25) is 0 Å². The van der Waals surface area contributed by atoms with E-state index in [9.17, 15) is 0 Å². The molecule has 6 nitrogen and oxygen atoms in total. The normalized spacial score (nSPS) is 10.0. The van der Waals surface area contributed by atoms with E-state index in [1.165, 1.54) is 12.4 Å². The predicted octanol–water partition coefficient (Wildman–Crippen LogP) is 1.87. The second kappa shape index (κ2) is 5.34. The number of ether oxygens (including phenoxy) is 2. The molecule has 19 heavy (non-hydrogen) atoms. The van der Waals surface area contributed by atoms with E-state index in [0.29, 0.717) is 23.1 Å². The van der Waals surface area contributed by atoms with Crippen molar-refractivity contribution in [2.75, 3.05) is 7.11 Å². The number of nitrogens with two attached hydrogens (primary N) is 1. The van der Waals surface area contributed by atoms with E-state index in [-0.39, 0.29) is 5.84 Å². The topological polar surface area (TPSA) is 94.1 Å². The van der Waals surface area contributed by atoms with Gasteiger partial charge in [-0.15, -0.1) is 0 Å². The largest absolute Gasteiger partial charge is 0.493 e. The molecule has 0 aliphatic carbocycles. The number of amidine groups is 1. The zero-order valence-corrected chi connectivity index (χ0v) is 10.7. The van der Waals surface area contributed by atoms with Crippen molar-refractivity contribution in [2.24, 2.45) is 5.73 Å². The van der Waals surface area contributed by atoms with Crippen molar-refractivity contribution in [3.05, 3.63) is 41.9 Å². The molecule has 1 aromatic carbocycles. The lowest BCUT2D eigenvalue weighted by Gasteiger charge is -2.10. The zero-order valence-electron chi connectivity index (χ0n) is 10.7. The molecule has 0 amide bonds. The molecule has 3 N–H and O–H groups in total. The molecule has 0 saturated carbocycles. The van der Waals surface area contributed by atoms with E-state index in [2.05, 4.69) is 9.97 Å². The van der Waals surface area contributed by atoms with Crippen molar-refractivity contribution >= 4 is 5.84 Å². The van der Waals surface area contributed by atoms with Gasteiger partial charge >= 0.3 is 0 Å². The van der Waals surface area contributed by atoms with Gasteiger partial charge in [-0.25, -0.2) is 9.97 Å². The summed E-state index contributed by atoms with van der Waals surface area (Å²) in [7, 11) is 1.58. The molecule has 0 bridgehead atoms. The highest BCUT2D eigenvalue weighted by molar-refractivity contribution is 5.92. The molecule has 1 aromatic heterocycles. The highest BCUT2D eigenvalue weighted by Gasteiger charge is 2.07. The molecule has 0 saturated heterocycles. The Labute approximate surface area is 110 Å². The van der Waals surface area contributed by atoms with Crippen LogP contribution in [0, 0.1) is 12.3 Å². The summed E-state index contributed by atoms with van der Waals surface area (Å²) in [5.41, 5.74) is 6.68. The highest BCUT2D eigenvalue weighted by Crippen LogP contribution is 2.30. The van der Waals surface area contributed by atoms with Crippen molar-refractivity contribution in [3.63, 3.8) is 0 Å². The lowest BCUT2D eigenvalue weighted by atomic mass is 10.2. The van der Waals surface area contributed by atoms with Gasteiger partial charge in [-0.3, -0.25) is 5.41 Å². The standard InChI is InChI=1S/C13H14N4O2/c1-8-3-4-10(11(5-8)18-2)19-12-7-16-9(6-17-12)13(14)15/h3-7H,1-2H3,(H3,14,15). The fourth-order valence-electron chi connectivity index (χ4n) is 1.48. The summed E-state index contributed by atoms with van der Waals surface area (Å²) >= 11 is 0. The number of hydrogen-bond acceptors (Lipinski definition) is 5. The Morgan fingerprint density at radius 2 is 2.00 bits per heavy atom. The fourth-order valence-corrected chi connectivity index (χ4v) is 1.48. The number of nitrogen functional groups attached to an aromatic ring is 1. The van der Waals surface area contributed by atoms with E-state index >= 15 is 0 Å². The molecule has 2 aromatic rings. The zero-order chi connectivity index (χ0) is 13.8. The van der Waals surface area contributed by atoms with Gasteiger partial charge in [0.15, 0.2) is 11.5 Å². The van der Waals surface area contributed by atoms with Crippen molar-refractivity contribution < 1.29 is 9.47 Å². The van der Waals surface area contributed by atoms with Crippen LogP contribution < -0.4 is 15.2 Å². The van der Waals surface area contributed by atoms with E-state index in [4.69, 9.17) is 20.6 Å². The van der Waals surface area contributed by atoms with E-state index in [0.717, 1.165) is 5.56 Å². The van der Waals surface area contributed by atoms with Crippen LogP contribution in [0.4, 0.5) is 0 Å². The minimum Gasteiger partial charge on any atom is -0.493 e. The maximum Gasteiger partial charge on any atom is 0.238 e. The van der Waals surface area contributed by atoms with Crippen LogP contribution in [0.3, 0.4) is 0 Å². The quantitative estimate of drug-likeness (QED) is 0.645. The maximum absolute atomic E-state index is 7.23. The highest BCUT2D eigenvalue weighted by atomic mass is 16.5. The number of aromatic nitrogens is 2. The second-order valence-electron chi connectivity index (χ2n) is 3.91. The molecule has 0 aliphatic heterocycles. The minimum absolute atomic E-state index is 0.132. The maximum atomic E-state index is 7.23. The first-order chi connectivity index (χ1) is 9.10. The molecule has 0 fully saturated rings. The van der Waals surface area contributed by atoms with Crippen LogP contribution in [0.5, 0.6) is 17.4 Å². The van der Waals surface area contributed by atoms with Crippen LogP contribution in [0.15, 0.2) is 30.6 Å². The van der Waals surface area contributed by atoms with Crippen LogP contribution in [-0.4, -0.2) is 22.9 Å². The summed E-state index contributed by atoms with van der Waals surface area (Å²) in [6, 6.07) is 5.58. The van der Waals surface area contributed by atoms with E-state index < -0.39 is 0 Å². The van der Waals surface area contributed by atoms with Gasteiger partial charge in [-0.1, -0.05) is 6.07 Å². The Morgan fingerprint density at radius 3 is 2.58 bits per heavy atom. The number of hydrogen-bond donors (Lipinski definition) is 2. The molecule has 0 aliphatic rings. The van der Waals surface area contributed by atoms with Crippen molar-refractivity contribution in [3.8, 4) is 17.4 Å². The van der Waals surface area contributed by atoms with Crippen molar-refractivity contribution in [1.82, 2.24) is 9.97 Å². The smallest absolute Gasteiger partial charge is 0.238 e. The molecule has 1 heterocycles. The lowest BCUT2D eigenvalue weighted by Crippen LogP contribution is -2.13. The van der Waals surface area contributed by atoms with Gasteiger partial charge < -0.3 is 15.2 Å². The first-order valence-electron chi connectivity index (χ1n) is 5.59. The number of benzene rings is 1. The van der Waals surface area contributed by atoms with E-state index in [1.807, 2.05) is 19.1 Å². The summed E-state index contributed by atoms with van der Waals surface area (Å²) < 4.78 is 10.8. The number of nitrogens with one attached hydrogen (secondary N) is 1. The summed E-state index contributed by atoms with van der Waals surface area (Å²) in [6.07, 6.45) is 2.80. The van der Waals surface area contributed by atoms with Gasteiger partial charge in [0.2, 0.25) is 5.88 Å². The number of aryl methyl sites for hydroxylation is 1. The summed E-state index contributed by atoms with van der Waals surface area (Å²) in [5, 5.41) is 7.23. The molecule has 0 radical (unpaired) electrons. The van der Waals surface area contributed by atoms with Crippen LogP contribution in [0.1, 0.15) is 11.3 Å². The Kier molecular flexibility index (Phi) is 3.61. The van der Waals surface area contributed by atoms with Crippen molar-refractivity contribution in [1.29, 1.82) is 5.41 Å². The monoisotopic (exact) mass is 258 g/mol.